The highest BCUT2D eigenvalue weighted by Gasteiger charge is 2.18. The van der Waals surface area contributed by atoms with Gasteiger partial charge in [-0.2, -0.15) is 0 Å². The number of hydrogen-bond acceptors (Lipinski definition) is 2. The summed E-state index contributed by atoms with van der Waals surface area (Å²) in [6.45, 7) is 2.64. The van der Waals surface area contributed by atoms with Gasteiger partial charge in [0.25, 0.3) is 0 Å². The van der Waals surface area contributed by atoms with Crippen LogP contribution in [0.3, 0.4) is 0 Å². The standard InChI is InChI=1S/C20H23NO2.ClH/c1-16(20(23)18-10-6-3-7-11-18)21-15-14-19(22)13-12-17-8-4-2-5-9-17;/h2-13,16,20-21,23H,14-15H2,1H3;1H/b13-12+;. The van der Waals surface area contributed by atoms with E-state index in [2.05, 4.69) is 0 Å². The van der Waals surface area contributed by atoms with Gasteiger partial charge in [0.1, 0.15) is 12.1 Å². The monoisotopic (exact) mass is 345 g/mol. The summed E-state index contributed by atoms with van der Waals surface area (Å²) in [7, 11) is 0. The summed E-state index contributed by atoms with van der Waals surface area (Å²) in [4.78, 5) is 11.9. The number of halogens is 1. The molecular formula is C20H24ClNO2. The molecule has 0 aromatic heterocycles. The second-order valence-corrected chi connectivity index (χ2v) is 5.70. The lowest BCUT2D eigenvalue weighted by atomic mass is 10.0. The van der Waals surface area contributed by atoms with Gasteiger partial charge in [-0.15, -0.1) is 0 Å². The van der Waals surface area contributed by atoms with Crippen molar-refractivity contribution in [1.29, 1.82) is 0 Å². The minimum absolute atomic E-state index is 0. The molecule has 3 nitrogen and oxygen atoms in total. The Labute approximate surface area is 149 Å². The highest BCUT2D eigenvalue weighted by atomic mass is 35.5. The summed E-state index contributed by atoms with van der Waals surface area (Å²) in [6, 6.07) is 19.4. The van der Waals surface area contributed by atoms with E-state index in [0.29, 0.717) is 13.0 Å². The van der Waals surface area contributed by atoms with E-state index in [9.17, 15) is 9.90 Å². The lowest BCUT2D eigenvalue weighted by Crippen LogP contribution is -3.00. The lowest BCUT2D eigenvalue weighted by Gasteiger charge is -2.17. The Morgan fingerprint density at radius 1 is 1.08 bits per heavy atom. The molecule has 3 N–H and O–H groups in total. The number of rotatable bonds is 8. The van der Waals surface area contributed by atoms with Gasteiger partial charge in [-0.3, -0.25) is 4.79 Å². The Hall–Kier alpha value is -1.94. The SMILES string of the molecule is CC([NH2+]CCC(=O)/C=C/c1ccccc1)C(O)c1ccccc1.[Cl-]. The Bertz CT molecular complexity index is 629. The molecule has 0 amide bonds. The van der Waals surface area contributed by atoms with Crippen LogP contribution in [-0.2, 0) is 4.79 Å². The Balaban J connectivity index is 0.00000288. The predicted molar refractivity (Wildman–Crippen MR) is 92.8 cm³/mol. The van der Waals surface area contributed by atoms with E-state index in [4.69, 9.17) is 0 Å². The van der Waals surface area contributed by atoms with Crippen LogP contribution in [0.5, 0.6) is 0 Å². The van der Waals surface area contributed by atoms with Crippen molar-refractivity contribution in [2.45, 2.75) is 25.5 Å². The first kappa shape index (κ1) is 20.1. The van der Waals surface area contributed by atoms with Crippen LogP contribution in [0.4, 0.5) is 0 Å². The molecule has 0 bridgehead atoms. The van der Waals surface area contributed by atoms with E-state index in [-0.39, 0.29) is 24.2 Å². The number of hydrogen-bond donors (Lipinski definition) is 2. The molecular weight excluding hydrogens is 322 g/mol. The number of nitrogens with two attached hydrogens (primary N) is 1. The first-order valence-electron chi connectivity index (χ1n) is 7.99. The Morgan fingerprint density at radius 3 is 2.29 bits per heavy atom. The maximum Gasteiger partial charge on any atom is 0.161 e. The average molecular weight is 346 g/mol. The quantitative estimate of drug-likeness (QED) is 0.625. The Morgan fingerprint density at radius 2 is 1.67 bits per heavy atom. The first-order valence-corrected chi connectivity index (χ1v) is 7.99. The van der Waals surface area contributed by atoms with Gasteiger partial charge in [0.2, 0.25) is 0 Å². The fraction of sp³-hybridized carbons (Fsp3) is 0.250. The van der Waals surface area contributed by atoms with Crippen LogP contribution >= 0.6 is 0 Å². The molecule has 2 unspecified atom stereocenters. The summed E-state index contributed by atoms with van der Waals surface area (Å²) in [5.74, 6) is 0.103. The van der Waals surface area contributed by atoms with Crippen molar-refractivity contribution in [3.8, 4) is 0 Å². The van der Waals surface area contributed by atoms with E-state index >= 15 is 0 Å². The molecule has 2 aromatic rings. The fourth-order valence-electron chi connectivity index (χ4n) is 2.41. The van der Waals surface area contributed by atoms with Crippen LogP contribution in [0.15, 0.2) is 66.7 Å². The number of carbonyl (C=O) groups is 1. The molecule has 0 saturated heterocycles. The summed E-state index contributed by atoms with van der Waals surface area (Å²) >= 11 is 0. The molecule has 0 radical (unpaired) electrons. The number of carbonyl (C=O) groups excluding carboxylic acids is 1. The van der Waals surface area contributed by atoms with Gasteiger partial charge in [-0.1, -0.05) is 66.7 Å². The van der Waals surface area contributed by atoms with Crippen molar-refractivity contribution in [1.82, 2.24) is 0 Å². The molecule has 2 rings (SSSR count). The summed E-state index contributed by atoms with van der Waals surface area (Å²) in [5, 5.41) is 12.3. The van der Waals surface area contributed by atoms with Gasteiger partial charge in [-0.25, -0.2) is 0 Å². The molecule has 0 fully saturated rings. The third-order valence-corrected chi connectivity index (χ3v) is 3.83. The minimum atomic E-state index is -0.522. The van der Waals surface area contributed by atoms with Crippen LogP contribution in [0, 0.1) is 0 Å². The third kappa shape index (κ3) is 6.67. The first-order chi connectivity index (χ1) is 11.2. The highest BCUT2D eigenvalue weighted by molar-refractivity contribution is 5.93. The highest BCUT2D eigenvalue weighted by Crippen LogP contribution is 2.13. The Kier molecular flexibility index (Phi) is 9.02. The molecule has 0 aliphatic heterocycles. The van der Waals surface area contributed by atoms with Gasteiger partial charge >= 0.3 is 0 Å². The number of allylic oxidation sites excluding steroid dienone is 1. The second-order valence-electron chi connectivity index (χ2n) is 5.70. The maximum atomic E-state index is 11.9. The van der Waals surface area contributed by atoms with E-state index in [1.807, 2.05) is 79.0 Å². The molecule has 0 saturated carbocycles. The summed E-state index contributed by atoms with van der Waals surface area (Å²) in [6.07, 6.45) is 3.41. The van der Waals surface area contributed by atoms with Crippen molar-refractivity contribution in [3.05, 3.63) is 77.9 Å². The van der Waals surface area contributed by atoms with Crippen LogP contribution < -0.4 is 17.7 Å². The molecule has 128 valence electrons. The van der Waals surface area contributed by atoms with Crippen LogP contribution in [0.25, 0.3) is 6.08 Å². The smallest absolute Gasteiger partial charge is 0.161 e. The second kappa shape index (κ2) is 10.8. The van der Waals surface area contributed by atoms with Crippen molar-refractivity contribution in [3.63, 3.8) is 0 Å². The maximum absolute atomic E-state index is 11.9. The molecule has 0 heterocycles. The molecule has 2 atom stereocenters. The van der Waals surface area contributed by atoms with Crippen molar-refractivity contribution in [2.24, 2.45) is 0 Å². The van der Waals surface area contributed by atoms with Gasteiger partial charge < -0.3 is 22.8 Å². The molecule has 2 aromatic carbocycles. The average Bonchev–Trinajstić information content (AvgIpc) is 2.61. The normalized spacial score (nSPS) is 13.2. The molecule has 4 heteroatoms. The molecule has 0 aliphatic carbocycles. The van der Waals surface area contributed by atoms with Gasteiger partial charge in [-0.05, 0) is 24.1 Å². The van der Waals surface area contributed by atoms with Crippen LogP contribution in [-0.4, -0.2) is 23.5 Å². The van der Waals surface area contributed by atoms with Crippen molar-refractivity contribution >= 4 is 11.9 Å². The van der Waals surface area contributed by atoms with Crippen LogP contribution in [0.1, 0.15) is 30.6 Å². The molecule has 0 spiro atoms. The molecule has 0 aliphatic rings. The summed E-state index contributed by atoms with van der Waals surface area (Å²) < 4.78 is 0. The number of ketones is 1. The molecule has 24 heavy (non-hydrogen) atoms. The largest absolute Gasteiger partial charge is 1.00 e. The number of benzene rings is 2. The number of quaternary nitrogens is 1. The lowest BCUT2D eigenvalue weighted by molar-refractivity contribution is -0.693. The summed E-state index contributed by atoms with van der Waals surface area (Å²) in [5.41, 5.74) is 1.93. The number of aliphatic hydroxyl groups is 1. The zero-order chi connectivity index (χ0) is 16.5. The van der Waals surface area contributed by atoms with E-state index in [1.54, 1.807) is 6.08 Å². The fourth-order valence-corrected chi connectivity index (χ4v) is 2.41. The minimum Gasteiger partial charge on any atom is -1.00 e. The zero-order valence-corrected chi connectivity index (χ0v) is 14.6. The van der Waals surface area contributed by atoms with Gasteiger partial charge in [0.05, 0.1) is 13.0 Å². The van der Waals surface area contributed by atoms with Gasteiger partial charge in [0.15, 0.2) is 5.78 Å². The van der Waals surface area contributed by atoms with E-state index < -0.39 is 6.10 Å². The topological polar surface area (TPSA) is 53.9 Å². The van der Waals surface area contributed by atoms with Crippen LogP contribution in [0.2, 0.25) is 0 Å². The predicted octanol–water partition coefficient (Wildman–Crippen LogP) is -0.651. The zero-order valence-electron chi connectivity index (χ0n) is 13.8. The van der Waals surface area contributed by atoms with Gasteiger partial charge in [0, 0.05) is 0 Å². The van der Waals surface area contributed by atoms with Crippen molar-refractivity contribution in [2.75, 3.05) is 6.54 Å². The third-order valence-electron chi connectivity index (χ3n) is 3.83. The number of aliphatic hydroxyl groups excluding tert-OH is 1. The van der Waals surface area contributed by atoms with E-state index in [1.165, 1.54) is 0 Å². The van der Waals surface area contributed by atoms with E-state index in [0.717, 1.165) is 11.1 Å². The van der Waals surface area contributed by atoms with Crippen molar-refractivity contribution < 1.29 is 27.6 Å².